The maximum atomic E-state index is 11.4. The molecule has 4 heteroatoms. The third-order valence-corrected chi connectivity index (χ3v) is 2.72. The number of aliphatic hydroxyl groups excluding tert-OH is 1. The molecule has 0 aromatic heterocycles. The summed E-state index contributed by atoms with van der Waals surface area (Å²) in [4.78, 5) is 13.5. The second-order valence-electron chi connectivity index (χ2n) is 3.86. The van der Waals surface area contributed by atoms with E-state index in [0.717, 1.165) is 25.9 Å². The molecule has 0 aromatic rings. The third kappa shape index (κ3) is 4.01. The predicted octanol–water partition coefficient (Wildman–Crippen LogP) is 0.135. The van der Waals surface area contributed by atoms with Crippen LogP contribution in [0.2, 0.25) is 0 Å². The van der Waals surface area contributed by atoms with Crippen LogP contribution in [0.25, 0.3) is 0 Å². The van der Waals surface area contributed by atoms with E-state index in [1.807, 2.05) is 6.08 Å². The molecule has 1 aliphatic rings. The van der Waals surface area contributed by atoms with E-state index in [-0.39, 0.29) is 18.6 Å². The number of hydrogen-bond acceptors (Lipinski definition) is 3. The first-order chi connectivity index (χ1) is 7.27. The fourth-order valence-electron chi connectivity index (χ4n) is 1.98. The van der Waals surface area contributed by atoms with Crippen molar-refractivity contribution in [1.82, 2.24) is 10.2 Å². The molecule has 0 bridgehead atoms. The van der Waals surface area contributed by atoms with Gasteiger partial charge in [0.25, 0.3) is 0 Å². The Balaban J connectivity index is 2.54. The molecule has 1 unspecified atom stereocenters. The Labute approximate surface area is 91.0 Å². The number of hydrogen-bond donors (Lipinski definition) is 2. The van der Waals surface area contributed by atoms with Crippen molar-refractivity contribution in [2.45, 2.75) is 25.3 Å². The van der Waals surface area contributed by atoms with E-state index in [1.54, 1.807) is 0 Å². The van der Waals surface area contributed by atoms with E-state index >= 15 is 0 Å². The molecular formula is C11H20N2O2. The van der Waals surface area contributed by atoms with Gasteiger partial charge in [-0.15, -0.1) is 6.58 Å². The van der Waals surface area contributed by atoms with Crippen LogP contribution in [0.5, 0.6) is 0 Å². The quantitative estimate of drug-likeness (QED) is 0.637. The van der Waals surface area contributed by atoms with Gasteiger partial charge in [0.05, 0.1) is 6.61 Å². The molecule has 1 saturated heterocycles. The van der Waals surface area contributed by atoms with Crippen molar-refractivity contribution in [3.8, 4) is 0 Å². The average molecular weight is 212 g/mol. The molecule has 15 heavy (non-hydrogen) atoms. The van der Waals surface area contributed by atoms with Crippen LogP contribution in [0.1, 0.15) is 19.3 Å². The first-order valence-electron chi connectivity index (χ1n) is 5.50. The summed E-state index contributed by atoms with van der Waals surface area (Å²) < 4.78 is 0. The second-order valence-corrected chi connectivity index (χ2v) is 3.86. The molecule has 2 N–H and O–H groups in total. The topological polar surface area (TPSA) is 52.6 Å². The molecule has 86 valence electrons. The Kier molecular flexibility index (Phi) is 5.36. The van der Waals surface area contributed by atoms with Crippen LogP contribution in [0.3, 0.4) is 0 Å². The maximum Gasteiger partial charge on any atom is 0.221 e. The second kappa shape index (κ2) is 6.58. The van der Waals surface area contributed by atoms with Crippen molar-refractivity contribution in [2.24, 2.45) is 0 Å². The maximum absolute atomic E-state index is 11.4. The first kappa shape index (κ1) is 12.2. The van der Waals surface area contributed by atoms with Crippen molar-refractivity contribution < 1.29 is 9.90 Å². The van der Waals surface area contributed by atoms with Crippen molar-refractivity contribution in [3.05, 3.63) is 12.7 Å². The molecule has 0 radical (unpaired) electrons. The smallest absolute Gasteiger partial charge is 0.221 e. The van der Waals surface area contributed by atoms with Crippen molar-refractivity contribution in [3.63, 3.8) is 0 Å². The van der Waals surface area contributed by atoms with E-state index < -0.39 is 0 Å². The number of nitrogens with zero attached hydrogens (tertiary/aromatic N) is 1. The Bertz CT molecular complexity index is 219. The first-order valence-corrected chi connectivity index (χ1v) is 5.50. The number of carbonyl (C=O) groups excluding carboxylic acids is 1. The lowest BCUT2D eigenvalue weighted by Gasteiger charge is -2.28. The van der Waals surface area contributed by atoms with Crippen LogP contribution in [-0.4, -0.2) is 48.2 Å². The minimum atomic E-state index is 0.115. The summed E-state index contributed by atoms with van der Waals surface area (Å²) in [5.41, 5.74) is 0. The molecule has 0 saturated carbocycles. The highest BCUT2D eigenvalue weighted by atomic mass is 16.3. The molecule has 0 aromatic carbocycles. The Morgan fingerprint density at radius 2 is 2.47 bits per heavy atom. The van der Waals surface area contributed by atoms with Crippen molar-refractivity contribution in [1.29, 1.82) is 0 Å². The van der Waals surface area contributed by atoms with Gasteiger partial charge in [-0.3, -0.25) is 9.69 Å². The summed E-state index contributed by atoms with van der Waals surface area (Å²) in [5.74, 6) is 0.115. The molecule has 1 amide bonds. The molecule has 1 atom stereocenters. The van der Waals surface area contributed by atoms with Crippen molar-refractivity contribution >= 4 is 5.91 Å². The Morgan fingerprint density at radius 3 is 3.13 bits per heavy atom. The standard InChI is InChI=1S/C11H20N2O2/c1-2-6-13(7-8-14)10-4-3-5-12-11(15)9-10/h2,10,14H,1,3-9H2,(H,12,15). The van der Waals surface area contributed by atoms with Gasteiger partial charge in [0, 0.05) is 32.1 Å². The van der Waals surface area contributed by atoms with E-state index in [2.05, 4.69) is 16.8 Å². The van der Waals surface area contributed by atoms with Crippen LogP contribution in [0.4, 0.5) is 0 Å². The number of carbonyl (C=O) groups is 1. The minimum absolute atomic E-state index is 0.115. The van der Waals surface area contributed by atoms with E-state index in [9.17, 15) is 4.79 Å². The molecular weight excluding hydrogens is 192 g/mol. The van der Waals surface area contributed by atoms with Gasteiger partial charge in [0.2, 0.25) is 5.91 Å². The van der Waals surface area contributed by atoms with Crippen LogP contribution in [0, 0.1) is 0 Å². The van der Waals surface area contributed by atoms with Gasteiger partial charge in [-0.1, -0.05) is 6.08 Å². The zero-order valence-electron chi connectivity index (χ0n) is 9.11. The van der Waals surface area contributed by atoms with E-state index in [0.29, 0.717) is 13.0 Å². The lowest BCUT2D eigenvalue weighted by Crippen LogP contribution is -2.39. The van der Waals surface area contributed by atoms with Gasteiger partial charge in [0.15, 0.2) is 0 Å². The van der Waals surface area contributed by atoms with E-state index in [1.165, 1.54) is 0 Å². The molecule has 1 aliphatic heterocycles. The van der Waals surface area contributed by atoms with Gasteiger partial charge >= 0.3 is 0 Å². The van der Waals surface area contributed by atoms with Gasteiger partial charge < -0.3 is 10.4 Å². The minimum Gasteiger partial charge on any atom is -0.395 e. The molecule has 1 heterocycles. The summed E-state index contributed by atoms with van der Waals surface area (Å²) in [6.07, 6.45) is 4.37. The molecule has 1 fully saturated rings. The third-order valence-electron chi connectivity index (χ3n) is 2.72. The lowest BCUT2D eigenvalue weighted by atomic mass is 10.1. The molecule has 0 aliphatic carbocycles. The summed E-state index contributed by atoms with van der Waals surface area (Å²) in [6, 6.07) is 0.248. The predicted molar refractivity (Wildman–Crippen MR) is 59.5 cm³/mol. The fourth-order valence-corrected chi connectivity index (χ4v) is 1.98. The largest absolute Gasteiger partial charge is 0.395 e. The normalized spacial score (nSPS) is 22.3. The molecule has 0 spiro atoms. The zero-order chi connectivity index (χ0) is 11.1. The van der Waals surface area contributed by atoms with Gasteiger partial charge in [-0.2, -0.15) is 0 Å². The number of aliphatic hydroxyl groups is 1. The summed E-state index contributed by atoms with van der Waals surface area (Å²) in [5, 5.41) is 11.8. The highest BCUT2D eigenvalue weighted by Gasteiger charge is 2.22. The van der Waals surface area contributed by atoms with Gasteiger partial charge in [0.1, 0.15) is 0 Å². The van der Waals surface area contributed by atoms with Gasteiger partial charge in [-0.05, 0) is 12.8 Å². The lowest BCUT2D eigenvalue weighted by molar-refractivity contribution is -0.121. The van der Waals surface area contributed by atoms with Crippen molar-refractivity contribution in [2.75, 3.05) is 26.2 Å². The monoisotopic (exact) mass is 212 g/mol. The number of rotatable bonds is 5. The van der Waals surface area contributed by atoms with Crippen LogP contribution >= 0.6 is 0 Å². The van der Waals surface area contributed by atoms with Crippen LogP contribution < -0.4 is 5.32 Å². The molecule has 4 nitrogen and oxygen atoms in total. The van der Waals surface area contributed by atoms with Gasteiger partial charge in [-0.25, -0.2) is 0 Å². The fraction of sp³-hybridized carbons (Fsp3) is 0.727. The number of nitrogens with one attached hydrogen (secondary N) is 1. The summed E-state index contributed by atoms with van der Waals surface area (Å²) in [7, 11) is 0. The SMILES string of the molecule is C=CCN(CCO)C1CCCNC(=O)C1. The zero-order valence-corrected chi connectivity index (χ0v) is 9.11. The highest BCUT2D eigenvalue weighted by molar-refractivity contribution is 5.76. The Hall–Kier alpha value is -0.870. The molecule has 1 rings (SSSR count). The summed E-state index contributed by atoms with van der Waals surface area (Å²) in [6.45, 7) is 5.95. The number of amides is 1. The van der Waals surface area contributed by atoms with Crippen LogP contribution in [-0.2, 0) is 4.79 Å². The average Bonchev–Trinajstić information content (AvgIpc) is 2.42. The Morgan fingerprint density at radius 1 is 1.67 bits per heavy atom. The van der Waals surface area contributed by atoms with Crippen LogP contribution in [0.15, 0.2) is 12.7 Å². The summed E-state index contributed by atoms with van der Waals surface area (Å²) >= 11 is 0. The highest BCUT2D eigenvalue weighted by Crippen LogP contribution is 2.13. The van der Waals surface area contributed by atoms with E-state index in [4.69, 9.17) is 5.11 Å².